The minimum absolute atomic E-state index is 0.212. The maximum Gasteiger partial charge on any atom is 0.247 e. The summed E-state index contributed by atoms with van der Waals surface area (Å²) >= 11 is 1.60. The van der Waals surface area contributed by atoms with Crippen LogP contribution in [0, 0.1) is 11.8 Å². The number of aromatic nitrogens is 1. The Hall–Kier alpha value is -1.81. The van der Waals surface area contributed by atoms with Crippen LogP contribution in [0.1, 0.15) is 24.4 Å². The molecule has 2 N–H and O–H groups in total. The second kappa shape index (κ2) is 8.05. The van der Waals surface area contributed by atoms with Gasteiger partial charge in [0.15, 0.2) is 0 Å². The van der Waals surface area contributed by atoms with Crippen LogP contribution in [0.25, 0.3) is 10.6 Å². The van der Waals surface area contributed by atoms with Gasteiger partial charge in [0.1, 0.15) is 5.01 Å². The van der Waals surface area contributed by atoms with E-state index in [-0.39, 0.29) is 18.2 Å². The summed E-state index contributed by atoms with van der Waals surface area (Å²) in [6, 6.07) is 9.81. The Bertz CT molecular complexity index is 910. The number of sulfonamides is 1. The topological polar surface area (TPSA) is 99.6 Å². The number of rotatable bonds is 6. The Labute approximate surface area is 163 Å². The van der Waals surface area contributed by atoms with Crippen molar-refractivity contribution in [3.63, 3.8) is 0 Å². The summed E-state index contributed by atoms with van der Waals surface area (Å²) in [6.45, 7) is 4.11. The highest BCUT2D eigenvalue weighted by Gasteiger charge is 2.34. The number of hydrogen-bond donors (Lipinski definition) is 2. The highest BCUT2D eigenvalue weighted by atomic mass is 32.2. The van der Waals surface area contributed by atoms with E-state index in [2.05, 4.69) is 4.98 Å². The lowest BCUT2D eigenvalue weighted by Gasteiger charge is -2.28. The number of hydrogen-bond acceptors (Lipinski definition) is 6. The summed E-state index contributed by atoms with van der Waals surface area (Å²) in [5.41, 5.74) is 3.37. The first-order chi connectivity index (χ1) is 12.8. The van der Waals surface area contributed by atoms with E-state index >= 15 is 0 Å². The number of thiazole rings is 1. The van der Waals surface area contributed by atoms with Crippen molar-refractivity contribution in [1.29, 1.82) is 0 Å². The summed E-state index contributed by atoms with van der Waals surface area (Å²) in [6.07, 6.45) is 0.609. The fourth-order valence-electron chi connectivity index (χ4n) is 3.10. The zero-order chi connectivity index (χ0) is 19.6. The van der Waals surface area contributed by atoms with Crippen LogP contribution in [0.3, 0.4) is 0 Å². The highest BCUT2D eigenvalue weighted by Crippen LogP contribution is 2.32. The van der Waals surface area contributed by atoms with Crippen LogP contribution in [0.4, 0.5) is 0 Å². The Morgan fingerprint density at radius 2 is 2.04 bits per heavy atom. The summed E-state index contributed by atoms with van der Waals surface area (Å²) in [5, 5.41) is 9.77. The molecule has 27 heavy (non-hydrogen) atoms. The number of benzene rings is 1. The zero-order valence-corrected chi connectivity index (χ0v) is 16.9. The molecule has 1 atom stereocenters. The number of nitrogens with zero attached hydrogens (tertiary/aromatic N) is 2. The van der Waals surface area contributed by atoms with Gasteiger partial charge in [-0.25, -0.2) is 18.9 Å². The van der Waals surface area contributed by atoms with Crippen LogP contribution in [0.5, 0.6) is 0 Å². The van der Waals surface area contributed by atoms with Gasteiger partial charge in [-0.3, -0.25) is 10.0 Å². The SMILES string of the molecule is CC(C)C(CS(=O)(=O)N1CCc2sc(-c3ccccc3)nc2C1)C(=O)NO. The molecule has 1 aliphatic rings. The highest BCUT2D eigenvalue weighted by molar-refractivity contribution is 7.89. The molecule has 0 spiro atoms. The molecular formula is C18H23N3O4S2. The molecule has 2 aromatic rings. The average molecular weight is 410 g/mol. The number of fused-ring (bicyclic) bond motifs is 1. The molecule has 1 aliphatic heterocycles. The average Bonchev–Trinajstić information content (AvgIpc) is 3.09. The van der Waals surface area contributed by atoms with Crippen LogP contribution < -0.4 is 5.48 Å². The number of hydroxylamine groups is 1. The van der Waals surface area contributed by atoms with Crippen LogP contribution in [0.2, 0.25) is 0 Å². The molecule has 1 amide bonds. The molecule has 1 aromatic heterocycles. The molecule has 1 aromatic carbocycles. The Morgan fingerprint density at radius 1 is 1.33 bits per heavy atom. The van der Waals surface area contributed by atoms with E-state index in [0.717, 1.165) is 21.1 Å². The van der Waals surface area contributed by atoms with Gasteiger partial charge in [0, 0.05) is 17.0 Å². The molecule has 0 bridgehead atoms. The van der Waals surface area contributed by atoms with Gasteiger partial charge in [-0.1, -0.05) is 44.2 Å². The van der Waals surface area contributed by atoms with E-state index in [9.17, 15) is 13.2 Å². The molecule has 0 radical (unpaired) electrons. The molecule has 2 heterocycles. The van der Waals surface area contributed by atoms with Crippen molar-refractivity contribution in [1.82, 2.24) is 14.8 Å². The smallest absolute Gasteiger partial charge is 0.247 e. The molecule has 1 unspecified atom stereocenters. The first-order valence-electron chi connectivity index (χ1n) is 8.77. The van der Waals surface area contributed by atoms with Crippen molar-refractivity contribution in [2.24, 2.45) is 11.8 Å². The van der Waals surface area contributed by atoms with Crippen LogP contribution >= 0.6 is 11.3 Å². The molecule has 0 saturated heterocycles. The molecule has 3 rings (SSSR count). The van der Waals surface area contributed by atoms with Gasteiger partial charge in [-0.15, -0.1) is 11.3 Å². The first kappa shape index (κ1) is 19.9. The number of carbonyl (C=O) groups is 1. The van der Waals surface area contributed by atoms with E-state index in [1.54, 1.807) is 30.7 Å². The minimum Gasteiger partial charge on any atom is -0.289 e. The first-order valence-corrected chi connectivity index (χ1v) is 11.2. The Kier molecular flexibility index (Phi) is 5.95. The Balaban J connectivity index is 1.78. The summed E-state index contributed by atoms with van der Waals surface area (Å²) < 4.78 is 27.1. The molecule has 146 valence electrons. The van der Waals surface area contributed by atoms with Gasteiger partial charge >= 0.3 is 0 Å². The van der Waals surface area contributed by atoms with E-state index in [4.69, 9.17) is 5.21 Å². The van der Waals surface area contributed by atoms with Gasteiger partial charge in [0.2, 0.25) is 15.9 Å². The lowest BCUT2D eigenvalue weighted by atomic mass is 9.97. The number of carbonyl (C=O) groups excluding carboxylic acids is 1. The van der Waals surface area contributed by atoms with E-state index in [1.807, 2.05) is 30.3 Å². The van der Waals surface area contributed by atoms with Gasteiger partial charge in [0.25, 0.3) is 0 Å². The van der Waals surface area contributed by atoms with Gasteiger partial charge in [-0.05, 0) is 12.3 Å². The van der Waals surface area contributed by atoms with Crippen molar-refractivity contribution in [3.8, 4) is 10.6 Å². The lowest BCUT2D eigenvalue weighted by Crippen LogP contribution is -2.43. The predicted octanol–water partition coefficient (Wildman–Crippen LogP) is 2.28. The second-order valence-electron chi connectivity index (χ2n) is 6.94. The standard InChI is InChI=1S/C18H23N3O4S2/c1-12(2)14(17(22)20-23)11-27(24,25)21-9-8-16-15(10-21)19-18(26-16)13-6-4-3-5-7-13/h3-7,12,14,23H,8-11H2,1-2H3,(H,20,22). The Morgan fingerprint density at radius 3 is 2.67 bits per heavy atom. The zero-order valence-electron chi connectivity index (χ0n) is 15.3. The maximum absolute atomic E-state index is 12.8. The molecular weight excluding hydrogens is 386 g/mol. The third kappa shape index (κ3) is 4.37. The predicted molar refractivity (Wildman–Crippen MR) is 104 cm³/mol. The number of nitrogens with one attached hydrogen (secondary N) is 1. The largest absolute Gasteiger partial charge is 0.289 e. The quantitative estimate of drug-likeness (QED) is 0.563. The molecule has 0 aliphatic carbocycles. The second-order valence-corrected chi connectivity index (χ2v) is 10.0. The number of amides is 1. The van der Waals surface area contributed by atoms with Crippen molar-refractivity contribution >= 4 is 27.3 Å². The third-order valence-electron chi connectivity index (χ3n) is 4.75. The van der Waals surface area contributed by atoms with Gasteiger partial charge in [-0.2, -0.15) is 4.31 Å². The molecule has 7 nitrogen and oxygen atoms in total. The van der Waals surface area contributed by atoms with Crippen molar-refractivity contribution in [3.05, 3.63) is 40.9 Å². The fraction of sp³-hybridized carbons (Fsp3) is 0.444. The monoisotopic (exact) mass is 409 g/mol. The summed E-state index contributed by atoms with van der Waals surface area (Å²) in [7, 11) is -3.65. The van der Waals surface area contributed by atoms with Crippen LogP contribution in [0.15, 0.2) is 30.3 Å². The van der Waals surface area contributed by atoms with Gasteiger partial charge < -0.3 is 0 Å². The molecule has 0 saturated carbocycles. The summed E-state index contributed by atoms with van der Waals surface area (Å²) in [5.74, 6) is -2.03. The lowest BCUT2D eigenvalue weighted by molar-refractivity contribution is -0.134. The molecule has 0 fully saturated rings. The van der Waals surface area contributed by atoms with Crippen LogP contribution in [-0.4, -0.2) is 41.1 Å². The summed E-state index contributed by atoms with van der Waals surface area (Å²) in [4.78, 5) is 17.6. The van der Waals surface area contributed by atoms with Crippen molar-refractivity contribution < 1.29 is 18.4 Å². The normalized spacial score (nSPS) is 16.1. The minimum atomic E-state index is -3.65. The third-order valence-corrected chi connectivity index (χ3v) is 7.83. The maximum atomic E-state index is 12.8. The molecule has 9 heteroatoms. The van der Waals surface area contributed by atoms with Gasteiger partial charge in [0.05, 0.1) is 23.9 Å². The van der Waals surface area contributed by atoms with Crippen LogP contribution in [-0.2, 0) is 27.8 Å². The van der Waals surface area contributed by atoms with Crippen molar-refractivity contribution in [2.45, 2.75) is 26.8 Å². The van der Waals surface area contributed by atoms with E-state index in [0.29, 0.717) is 13.0 Å². The van der Waals surface area contributed by atoms with E-state index in [1.165, 1.54) is 4.31 Å². The van der Waals surface area contributed by atoms with Crippen molar-refractivity contribution in [2.75, 3.05) is 12.3 Å². The van der Waals surface area contributed by atoms with E-state index < -0.39 is 21.8 Å². The fourth-order valence-corrected chi connectivity index (χ4v) is 6.06.